The van der Waals surface area contributed by atoms with E-state index in [-0.39, 0.29) is 19.0 Å². The molecule has 0 aliphatic carbocycles. The molecular formula is C14H22N2O3S. The van der Waals surface area contributed by atoms with Crippen LogP contribution >= 0.6 is 0 Å². The highest BCUT2D eigenvalue weighted by atomic mass is 32.2. The first-order valence-electron chi connectivity index (χ1n) is 6.43. The van der Waals surface area contributed by atoms with Crippen LogP contribution < -0.4 is 10.6 Å². The molecular weight excluding hydrogens is 276 g/mol. The van der Waals surface area contributed by atoms with Gasteiger partial charge in [-0.25, -0.2) is 8.42 Å². The van der Waals surface area contributed by atoms with Crippen molar-refractivity contribution >= 4 is 15.7 Å². The van der Waals surface area contributed by atoms with E-state index in [0.29, 0.717) is 6.54 Å². The molecule has 0 aliphatic rings. The van der Waals surface area contributed by atoms with Crippen molar-refractivity contribution in [2.45, 2.75) is 25.1 Å². The number of benzene rings is 1. The third kappa shape index (κ3) is 5.30. The fourth-order valence-corrected chi connectivity index (χ4v) is 1.83. The molecule has 0 atom stereocenters. The van der Waals surface area contributed by atoms with E-state index in [1.165, 1.54) is 6.26 Å². The summed E-state index contributed by atoms with van der Waals surface area (Å²) in [4.78, 5) is 11.6. The predicted molar refractivity (Wildman–Crippen MR) is 80.1 cm³/mol. The van der Waals surface area contributed by atoms with Gasteiger partial charge in [-0.2, -0.15) is 0 Å². The minimum Gasteiger partial charge on any atom is -0.351 e. The van der Waals surface area contributed by atoms with Crippen molar-refractivity contribution in [2.75, 3.05) is 19.3 Å². The first-order chi connectivity index (χ1) is 9.22. The van der Waals surface area contributed by atoms with Crippen LogP contribution in [0, 0.1) is 0 Å². The van der Waals surface area contributed by atoms with E-state index < -0.39 is 14.6 Å². The quantitative estimate of drug-likeness (QED) is 0.777. The Morgan fingerprint density at radius 2 is 1.80 bits per heavy atom. The highest BCUT2D eigenvalue weighted by molar-refractivity contribution is 7.92. The Bertz CT molecular complexity index is 539. The second-order valence-corrected chi connectivity index (χ2v) is 8.05. The third-order valence-electron chi connectivity index (χ3n) is 3.17. The van der Waals surface area contributed by atoms with E-state index in [0.717, 1.165) is 5.56 Å². The molecule has 0 heterocycles. The van der Waals surface area contributed by atoms with Crippen LogP contribution in [0.5, 0.6) is 0 Å². The van der Waals surface area contributed by atoms with Crippen molar-refractivity contribution in [1.82, 2.24) is 10.6 Å². The number of carbonyl (C=O) groups is 1. The van der Waals surface area contributed by atoms with E-state index >= 15 is 0 Å². The van der Waals surface area contributed by atoms with E-state index in [9.17, 15) is 13.2 Å². The van der Waals surface area contributed by atoms with Crippen LogP contribution in [0.15, 0.2) is 30.3 Å². The normalized spacial score (nSPS) is 12.2. The molecule has 0 bridgehead atoms. The Morgan fingerprint density at radius 3 is 2.35 bits per heavy atom. The lowest BCUT2D eigenvalue weighted by molar-refractivity contribution is -0.120. The lowest BCUT2D eigenvalue weighted by Crippen LogP contribution is -2.44. The van der Waals surface area contributed by atoms with E-state index in [2.05, 4.69) is 10.6 Å². The van der Waals surface area contributed by atoms with Gasteiger partial charge in [-0.15, -0.1) is 0 Å². The van der Waals surface area contributed by atoms with Crippen LogP contribution in [0.2, 0.25) is 0 Å². The number of hydrogen-bond acceptors (Lipinski definition) is 4. The van der Waals surface area contributed by atoms with E-state index in [1.807, 2.05) is 30.3 Å². The zero-order valence-corrected chi connectivity index (χ0v) is 13.0. The number of nitrogens with one attached hydrogen (secondary N) is 2. The first-order valence-corrected chi connectivity index (χ1v) is 8.32. The van der Waals surface area contributed by atoms with Gasteiger partial charge in [0, 0.05) is 19.3 Å². The number of sulfone groups is 1. The third-order valence-corrected chi connectivity index (χ3v) is 5.32. The fourth-order valence-electron chi connectivity index (χ4n) is 1.47. The second kappa shape index (κ2) is 6.85. The van der Waals surface area contributed by atoms with Gasteiger partial charge in [-0.1, -0.05) is 30.3 Å². The fraction of sp³-hybridized carbons (Fsp3) is 0.500. The summed E-state index contributed by atoms with van der Waals surface area (Å²) in [6, 6.07) is 9.60. The summed E-state index contributed by atoms with van der Waals surface area (Å²) in [6.45, 7) is 4.08. The van der Waals surface area contributed by atoms with Gasteiger partial charge >= 0.3 is 0 Å². The van der Waals surface area contributed by atoms with Gasteiger partial charge in [0.15, 0.2) is 9.84 Å². The first kappa shape index (κ1) is 16.7. The molecule has 1 amide bonds. The van der Waals surface area contributed by atoms with Crippen molar-refractivity contribution in [2.24, 2.45) is 0 Å². The Morgan fingerprint density at radius 1 is 1.20 bits per heavy atom. The Labute approximate surface area is 120 Å². The maximum absolute atomic E-state index is 11.6. The van der Waals surface area contributed by atoms with Crippen molar-refractivity contribution in [3.8, 4) is 0 Å². The Kier molecular flexibility index (Phi) is 5.71. The predicted octanol–water partition coefficient (Wildman–Crippen LogP) is 0.716. The second-order valence-electron chi connectivity index (χ2n) is 5.40. The molecule has 1 aromatic carbocycles. The molecule has 0 aromatic heterocycles. The largest absolute Gasteiger partial charge is 0.351 e. The van der Waals surface area contributed by atoms with Crippen LogP contribution in [0.3, 0.4) is 0 Å². The lowest BCUT2D eigenvalue weighted by Gasteiger charge is -2.22. The SMILES string of the molecule is CC(C)(CNCC(=O)NCc1ccccc1)S(C)(=O)=O. The summed E-state index contributed by atoms with van der Waals surface area (Å²) in [6.07, 6.45) is 1.20. The van der Waals surface area contributed by atoms with Gasteiger partial charge in [-0.05, 0) is 19.4 Å². The minimum absolute atomic E-state index is 0.103. The standard InChI is InChI=1S/C14H22N2O3S/c1-14(2,20(3,18)19)11-15-10-13(17)16-9-12-7-5-4-6-8-12/h4-8,15H,9-11H2,1-3H3,(H,16,17). The summed E-state index contributed by atoms with van der Waals surface area (Å²) < 4.78 is 22.1. The highest BCUT2D eigenvalue weighted by Crippen LogP contribution is 2.12. The van der Waals surface area contributed by atoms with Gasteiger partial charge in [0.25, 0.3) is 0 Å². The maximum Gasteiger partial charge on any atom is 0.234 e. The topological polar surface area (TPSA) is 75.3 Å². The molecule has 6 heteroatoms. The molecule has 0 saturated heterocycles. The molecule has 5 nitrogen and oxygen atoms in total. The molecule has 20 heavy (non-hydrogen) atoms. The van der Waals surface area contributed by atoms with Gasteiger partial charge < -0.3 is 10.6 Å². The minimum atomic E-state index is -3.15. The van der Waals surface area contributed by atoms with Crippen molar-refractivity contribution in [3.63, 3.8) is 0 Å². The summed E-state index contributed by atoms with van der Waals surface area (Å²) in [7, 11) is -3.15. The zero-order valence-electron chi connectivity index (χ0n) is 12.1. The molecule has 112 valence electrons. The van der Waals surface area contributed by atoms with Gasteiger partial charge in [-0.3, -0.25) is 4.79 Å². The highest BCUT2D eigenvalue weighted by Gasteiger charge is 2.29. The van der Waals surface area contributed by atoms with Gasteiger partial charge in [0.2, 0.25) is 5.91 Å². The lowest BCUT2D eigenvalue weighted by atomic mass is 10.2. The van der Waals surface area contributed by atoms with Crippen molar-refractivity contribution in [1.29, 1.82) is 0 Å². The maximum atomic E-state index is 11.6. The van der Waals surface area contributed by atoms with Gasteiger partial charge in [0.1, 0.15) is 0 Å². The van der Waals surface area contributed by atoms with Crippen molar-refractivity contribution < 1.29 is 13.2 Å². The Balaban J connectivity index is 2.31. The molecule has 1 aromatic rings. The van der Waals surface area contributed by atoms with E-state index in [4.69, 9.17) is 0 Å². The van der Waals surface area contributed by atoms with Crippen LogP contribution in [0.1, 0.15) is 19.4 Å². The van der Waals surface area contributed by atoms with Crippen LogP contribution in [-0.4, -0.2) is 38.4 Å². The summed E-state index contributed by atoms with van der Waals surface area (Å²) >= 11 is 0. The molecule has 0 spiro atoms. The van der Waals surface area contributed by atoms with Crippen LogP contribution in [-0.2, 0) is 21.2 Å². The zero-order chi connectivity index (χ0) is 15.2. The monoisotopic (exact) mass is 298 g/mol. The van der Waals surface area contributed by atoms with Crippen LogP contribution in [0.25, 0.3) is 0 Å². The smallest absolute Gasteiger partial charge is 0.234 e. The Hall–Kier alpha value is -1.40. The van der Waals surface area contributed by atoms with Gasteiger partial charge in [0.05, 0.1) is 11.3 Å². The number of amides is 1. The average molecular weight is 298 g/mol. The average Bonchev–Trinajstić information content (AvgIpc) is 2.36. The molecule has 0 unspecified atom stereocenters. The molecule has 0 aliphatic heterocycles. The van der Waals surface area contributed by atoms with Crippen molar-refractivity contribution in [3.05, 3.63) is 35.9 Å². The van der Waals surface area contributed by atoms with Crippen LogP contribution in [0.4, 0.5) is 0 Å². The molecule has 0 radical (unpaired) electrons. The molecule has 0 fully saturated rings. The molecule has 0 saturated carbocycles. The number of carbonyl (C=O) groups excluding carboxylic acids is 1. The van der Waals surface area contributed by atoms with E-state index in [1.54, 1.807) is 13.8 Å². The molecule has 2 N–H and O–H groups in total. The number of hydrogen-bond donors (Lipinski definition) is 2. The summed E-state index contributed by atoms with van der Waals surface area (Å²) in [5.74, 6) is -0.154. The summed E-state index contributed by atoms with van der Waals surface area (Å²) in [5.41, 5.74) is 1.03. The summed E-state index contributed by atoms with van der Waals surface area (Å²) in [5, 5.41) is 5.65. The molecule has 1 rings (SSSR count). The number of rotatable bonds is 7.